The number of allylic oxidation sites excluding steroid dienone is 4. The molecule has 0 aromatic carbocycles. The average Bonchev–Trinajstić information content (AvgIpc) is 2.17. The quantitative estimate of drug-likeness (QED) is 0.459. The van der Waals surface area contributed by atoms with E-state index in [0.717, 1.165) is 6.42 Å². The second-order valence-electron chi connectivity index (χ2n) is 1.05. The predicted octanol–water partition coefficient (Wildman–Crippen LogP) is 3.13. The van der Waals surface area contributed by atoms with Gasteiger partial charge in [0.05, 0.1) is 0 Å². The van der Waals surface area contributed by atoms with Crippen molar-refractivity contribution >= 4 is 19.4 Å². The number of hydrogen-bond donors (Lipinski definition) is 0. The predicted molar refractivity (Wildman–Crippen MR) is 39.7 cm³/mol. The van der Waals surface area contributed by atoms with E-state index in [9.17, 15) is 0 Å². The molecule has 0 spiro atoms. The van der Waals surface area contributed by atoms with Crippen molar-refractivity contribution in [2.75, 3.05) is 0 Å². The van der Waals surface area contributed by atoms with Gasteiger partial charge >= 0.3 is 34.5 Å². The normalized spacial score (nSPS) is 11.8. The zero-order valence-corrected chi connectivity index (χ0v) is 8.30. The molecule has 3 heteroatoms. The van der Waals surface area contributed by atoms with Crippen molar-refractivity contribution in [3.8, 4) is 0 Å². The fraction of sp³-hybridized carbons (Fsp3) is 0.167. The monoisotopic (exact) mass is 252 g/mol. The summed E-state index contributed by atoms with van der Waals surface area (Å²) >= 11 is -0.346. The molecule has 0 heterocycles. The fourth-order valence-electron chi connectivity index (χ4n) is 0.340. The van der Waals surface area contributed by atoms with Gasteiger partial charge in [0.1, 0.15) is 0 Å². The van der Waals surface area contributed by atoms with Gasteiger partial charge in [0, 0.05) is 0 Å². The van der Waals surface area contributed by atoms with Gasteiger partial charge < -0.3 is 7.43 Å². The molecule has 0 radical (unpaired) electrons. The van der Waals surface area contributed by atoms with Crippen LogP contribution in [0.25, 0.3) is 0 Å². The Kier molecular flexibility index (Phi) is 15.8. The minimum atomic E-state index is -0.346. The Morgan fingerprint density at radius 1 is 1.44 bits per heavy atom. The molecule has 1 rings (SSSR count). The molecular weight excluding hydrogens is 244 g/mol. The second kappa shape index (κ2) is 11.5. The molecule has 54 valence electrons. The van der Waals surface area contributed by atoms with E-state index in [1.54, 1.807) is 0 Å². The Morgan fingerprint density at radius 3 is 2.11 bits per heavy atom. The maximum atomic E-state index is 4.85. The van der Waals surface area contributed by atoms with E-state index in [2.05, 4.69) is 12.2 Å². The van der Waals surface area contributed by atoms with Crippen molar-refractivity contribution in [3.63, 3.8) is 0 Å². The van der Waals surface area contributed by atoms with Crippen molar-refractivity contribution < 1.29 is 15.1 Å². The summed E-state index contributed by atoms with van der Waals surface area (Å²) in [5, 5.41) is 0. The molecule has 0 aliphatic heterocycles. The van der Waals surface area contributed by atoms with Crippen LogP contribution in [-0.4, -0.2) is 0 Å². The maximum absolute atomic E-state index is 4.85. The molecule has 0 bridgehead atoms. The number of halogens is 2. The second-order valence-corrected chi connectivity index (χ2v) is 3.69. The Labute approximate surface area is 72.6 Å². The van der Waals surface area contributed by atoms with Crippen LogP contribution in [-0.2, 0) is 15.1 Å². The summed E-state index contributed by atoms with van der Waals surface area (Å²) < 4.78 is 0. The SMILES string of the molecule is [C-]1=CC=CC1.[CH3-].[Cl][Ru+2][Cl]. The Hall–Kier alpha value is 0.683. The molecule has 0 saturated carbocycles. The number of rotatable bonds is 0. The van der Waals surface area contributed by atoms with Gasteiger partial charge in [0.25, 0.3) is 0 Å². The first-order valence-electron chi connectivity index (χ1n) is 1.98. The van der Waals surface area contributed by atoms with E-state index >= 15 is 0 Å². The van der Waals surface area contributed by atoms with Gasteiger partial charge in [-0.25, -0.2) is 12.2 Å². The van der Waals surface area contributed by atoms with Gasteiger partial charge in [-0.2, -0.15) is 6.08 Å². The van der Waals surface area contributed by atoms with Crippen molar-refractivity contribution in [2.24, 2.45) is 0 Å². The zero-order valence-electron chi connectivity index (χ0n) is 5.05. The molecular formula is C6H8Cl2Ru. The summed E-state index contributed by atoms with van der Waals surface area (Å²) in [6, 6.07) is 0. The van der Waals surface area contributed by atoms with E-state index < -0.39 is 0 Å². The molecule has 0 saturated heterocycles. The molecule has 0 aromatic rings. The first-order chi connectivity index (χ1) is 3.91. The molecule has 0 aromatic heterocycles. The fourth-order valence-corrected chi connectivity index (χ4v) is 0.340. The third kappa shape index (κ3) is 12.0. The molecule has 0 unspecified atom stereocenters. The summed E-state index contributed by atoms with van der Waals surface area (Å²) in [6.45, 7) is 0. The van der Waals surface area contributed by atoms with Crippen LogP contribution in [0.4, 0.5) is 0 Å². The average molecular weight is 252 g/mol. The standard InChI is InChI=1S/C5H5.CH3.2ClH.Ru/c1-2-4-5-3-1;;;;/h1-3H,4H2;1H3;2*1H;/q2*-1;;;+4/p-2. The molecule has 1 aliphatic rings. The first-order valence-corrected chi connectivity index (χ1v) is 6.46. The van der Waals surface area contributed by atoms with E-state index in [4.69, 9.17) is 19.4 Å². The van der Waals surface area contributed by atoms with E-state index in [-0.39, 0.29) is 22.6 Å². The van der Waals surface area contributed by atoms with Crippen LogP contribution >= 0.6 is 19.4 Å². The van der Waals surface area contributed by atoms with Gasteiger partial charge in [0.15, 0.2) is 0 Å². The number of hydrogen-bond acceptors (Lipinski definition) is 0. The molecule has 1 aliphatic carbocycles. The van der Waals surface area contributed by atoms with E-state index in [1.807, 2.05) is 12.2 Å². The van der Waals surface area contributed by atoms with Gasteiger partial charge in [0.2, 0.25) is 0 Å². The summed E-state index contributed by atoms with van der Waals surface area (Å²) in [5.41, 5.74) is 0. The first kappa shape index (κ1) is 12.4. The topological polar surface area (TPSA) is 0 Å². The van der Waals surface area contributed by atoms with Crippen LogP contribution in [0.15, 0.2) is 18.2 Å². The van der Waals surface area contributed by atoms with Crippen LogP contribution in [0.5, 0.6) is 0 Å². The van der Waals surface area contributed by atoms with E-state index in [1.165, 1.54) is 0 Å². The summed E-state index contributed by atoms with van der Waals surface area (Å²) in [5.74, 6) is 0. The van der Waals surface area contributed by atoms with Crippen molar-refractivity contribution in [3.05, 3.63) is 31.7 Å². The Balaban J connectivity index is 0. The van der Waals surface area contributed by atoms with Crippen LogP contribution in [0.2, 0.25) is 0 Å². The summed E-state index contributed by atoms with van der Waals surface area (Å²) in [7, 11) is 9.71. The molecule has 0 N–H and O–H groups in total. The van der Waals surface area contributed by atoms with Crippen LogP contribution in [0, 0.1) is 13.5 Å². The molecule has 0 amide bonds. The van der Waals surface area contributed by atoms with Gasteiger partial charge in [-0.3, -0.25) is 6.08 Å². The molecule has 0 fully saturated rings. The van der Waals surface area contributed by atoms with Crippen LogP contribution < -0.4 is 0 Å². The third-order valence-electron chi connectivity index (χ3n) is 0.586. The van der Waals surface area contributed by atoms with Crippen molar-refractivity contribution in [2.45, 2.75) is 6.42 Å². The third-order valence-corrected chi connectivity index (χ3v) is 0.586. The van der Waals surface area contributed by atoms with Crippen LogP contribution in [0.3, 0.4) is 0 Å². The van der Waals surface area contributed by atoms with Gasteiger partial charge in [-0.1, -0.05) is 0 Å². The van der Waals surface area contributed by atoms with Crippen molar-refractivity contribution in [1.29, 1.82) is 0 Å². The summed E-state index contributed by atoms with van der Waals surface area (Å²) in [6.07, 6.45) is 10.0. The molecule has 0 atom stereocenters. The van der Waals surface area contributed by atoms with Gasteiger partial charge in [-0.05, 0) is 0 Å². The Bertz CT molecular complexity index is 79.1. The van der Waals surface area contributed by atoms with Crippen LogP contribution in [0.1, 0.15) is 6.42 Å². The molecule has 0 nitrogen and oxygen atoms in total. The summed E-state index contributed by atoms with van der Waals surface area (Å²) in [4.78, 5) is 0. The minimum absolute atomic E-state index is 0. The van der Waals surface area contributed by atoms with Gasteiger partial charge in [-0.15, -0.1) is 6.42 Å². The molecule has 9 heavy (non-hydrogen) atoms. The Morgan fingerprint density at radius 2 is 2.00 bits per heavy atom. The zero-order chi connectivity index (χ0) is 6.24. The van der Waals surface area contributed by atoms with E-state index in [0.29, 0.717) is 0 Å². The van der Waals surface area contributed by atoms with Crippen molar-refractivity contribution in [1.82, 2.24) is 0 Å².